The molecule has 4 heteroatoms. The van der Waals surface area contributed by atoms with Crippen molar-refractivity contribution in [3.63, 3.8) is 0 Å². The summed E-state index contributed by atoms with van der Waals surface area (Å²) in [6.07, 6.45) is 4.40. The fourth-order valence-corrected chi connectivity index (χ4v) is 1.71. The monoisotopic (exact) mass is 214 g/mol. The Morgan fingerprint density at radius 3 is 3.07 bits per heavy atom. The van der Waals surface area contributed by atoms with Crippen LogP contribution in [0, 0.1) is 5.92 Å². The maximum atomic E-state index is 11.4. The van der Waals surface area contributed by atoms with Gasteiger partial charge in [0, 0.05) is 6.92 Å². The molecule has 0 amide bonds. The van der Waals surface area contributed by atoms with Crippen LogP contribution in [0.2, 0.25) is 0 Å². The van der Waals surface area contributed by atoms with Crippen LogP contribution in [0.25, 0.3) is 0 Å². The lowest BCUT2D eigenvalue weighted by molar-refractivity contribution is -0.147. The average Bonchev–Trinajstić information content (AvgIpc) is 2.38. The first kappa shape index (κ1) is 12.0. The summed E-state index contributed by atoms with van der Waals surface area (Å²) in [6.45, 7) is 2.35. The molecule has 0 spiro atoms. The molecule has 0 N–H and O–H groups in total. The normalized spacial score (nSPS) is 21.7. The van der Waals surface area contributed by atoms with E-state index in [-0.39, 0.29) is 17.9 Å². The van der Waals surface area contributed by atoms with E-state index in [9.17, 15) is 9.59 Å². The lowest BCUT2D eigenvalue weighted by atomic mass is 9.98. The summed E-state index contributed by atoms with van der Waals surface area (Å²) < 4.78 is 9.86. The van der Waals surface area contributed by atoms with Gasteiger partial charge in [-0.2, -0.15) is 0 Å². The number of ether oxygens (including phenoxy) is 2. The zero-order valence-electron chi connectivity index (χ0n) is 9.16. The average molecular weight is 214 g/mol. The zero-order valence-corrected chi connectivity index (χ0v) is 9.16. The highest BCUT2D eigenvalue weighted by molar-refractivity contribution is 5.72. The van der Waals surface area contributed by atoms with Gasteiger partial charge in [-0.1, -0.05) is 0 Å². The van der Waals surface area contributed by atoms with Crippen LogP contribution in [-0.4, -0.2) is 25.2 Å². The second-order valence-corrected chi connectivity index (χ2v) is 3.84. The Hall–Kier alpha value is -1.06. The van der Waals surface area contributed by atoms with Gasteiger partial charge in [-0.15, -0.1) is 0 Å². The van der Waals surface area contributed by atoms with E-state index in [1.807, 2.05) is 0 Å². The highest BCUT2D eigenvalue weighted by Gasteiger charge is 2.21. The smallest absolute Gasteiger partial charge is 0.308 e. The minimum atomic E-state index is -0.265. The predicted octanol–water partition coefficient (Wildman–Crippen LogP) is 1.67. The third-order valence-corrected chi connectivity index (χ3v) is 2.53. The van der Waals surface area contributed by atoms with Crippen LogP contribution in [0.15, 0.2) is 0 Å². The zero-order chi connectivity index (χ0) is 11.1. The highest BCUT2D eigenvalue weighted by Crippen LogP contribution is 2.20. The first-order valence-corrected chi connectivity index (χ1v) is 5.50. The highest BCUT2D eigenvalue weighted by atomic mass is 16.5. The minimum Gasteiger partial charge on any atom is -0.466 e. The maximum absolute atomic E-state index is 11.4. The summed E-state index contributed by atoms with van der Waals surface area (Å²) in [5, 5.41) is 0. The summed E-state index contributed by atoms with van der Waals surface area (Å²) in [4.78, 5) is 21.9. The van der Waals surface area contributed by atoms with Crippen molar-refractivity contribution in [2.24, 2.45) is 5.92 Å². The second kappa shape index (κ2) is 6.43. The molecule has 1 heterocycles. The number of hydrogen-bond acceptors (Lipinski definition) is 4. The molecule has 0 bridgehead atoms. The van der Waals surface area contributed by atoms with Crippen LogP contribution in [-0.2, 0) is 19.1 Å². The second-order valence-electron chi connectivity index (χ2n) is 3.84. The van der Waals surface area contributed by atoms with Crippen LogP contribution in [0.3, 0.4) is 0 Å². The van der Waals surface area contributed by atoms with Crippen molar-refractivity contribution in [2.45, 2.75) is 39.0 Å². The van der Waals surface area contributed by atoms with E-state index in [2.05, 4.69) is 0 Å². The first-order valence-electron chi connectivity index (χ1n) is 5.50. The maximum Gasteiger partial charge on any atom is 0.308 e. The Balaban J connectivity index is 2.18. The summed E-state index contributed by atoms with van der Waals surface area (Å²) in [5.41, 5.74) is 0. The van der Waals surface area contributed by atoms with Gasteiger partial charge in [0.25, 0.3) is 0 Å². The largest absolute Gasteiger partial charge is 0.466 e. The molecule has 0 radical (unpaired) electrons. The van der Waals surface area contributed by atoms with Crippen LogP contribution in [0.5, 0.6) is 0 Å². The van der Waals surface area contributed by atoms with Crippen molar-refractivity contribution < 1.29 is 19.1 Å². The van der Waals surface area contributed by atoms with Crippen molar-refractivity contribution >= 4 is 11.9 Å². The molecule has 1 rings (SSSR count). The van der Waals surface area contributed by atoms with Gasteiger partial charge in [-0.25, -0.2) is 0 Å². The summed E-state index contributed by atoms with van der Waals surface area (Å²) in [6, 6.07) is 0. The van der Waals surface area contributed by atoms with Crippen molar-refractivity contribution in [1.82, 2.24) is 0 Å². The van der Waals surface area contributed by atoms with Crippen molar-refractivity contribution in [3.8, 4) is 0 Å². The van der Waals surface area contributed by atoms with Gasteiger partial charge in [0.15, 0.2) is 0 Å². The standard InChI is InChI=1S/C11H18O4/c1-9(12)14-8-4-6-10-5-2-3-7-15-11(10)13/h10H,2-8H2,1H3. The van der Waals surface area contributed by atoms with Gasteiger partial charge in [0.1, 0.15) is 0 Å². The Morgan fingerprint density at radius 2 is 2.33 bits per heavy atom. The van der Waals surface area contributed by atoms with Crippen LogP contribution < -0.4 is 0 Å². The molecule has 15 heavy (non-hydrogen) atoms. The Bertz CT molecular complexity index is 225. The van der Waals surface area contributed by atoms with Gasteiger partial charge in [0.2, 0.25) is 0 Å². The lowest BCUT2D eigenvalue weighted by Crippen LogP contribution is -2.16. The summed E-state index contributed by atoms with van der Waals surface area (Å²) in [7, 11) is 0. The molecule has 0 aliphatic carbocycles. The van der Waals surface area contributed by atoms with Gasteiger partial charge >= 0.3 is 11.9 Å². The van der Waals surface area contributed by atoms with Crippen molar-refractivity contribution in [2.75, 3.05) is 13.2 Å². The number of cyclic esters (lactones) is 1. The predicted molar refractivity (Wildman–Crippen MR) is 54.2 cm³/mol. The Kier molecular flexibility index (Phi) is 5.15. The van der Waals surface area contributed by atoms with E-state index in [1.54, 1.807) is 0 Å². The topological polar surface area (TPSA) is 52.6 Å². The number of carbonyl (C=O) groups excluding carboxylic acids is 2. The molecular formula is C11H18O4. The van der Waals surface area contributed by atoms with E-state index in [4.69, 9.17) is 9.47 Å². The molecule has 0 aromatic rings. The molecule has 86 valence electrons. The molecule has 1 aliphatic heterocycles. The third-order valence-electron chi connectivity index (χ3n) is 2.53. The molecule has 0 saturated carbocycles. The molecule has 1 aliphatic rings. The first-order chi connectivity index (χ1) is 7.20. The van der Waals surface area contributed by atoms with Crippen LogP contribution >= 0.6 is 0 Å². The molecule has 1 saturated heterocycles. The van der Waals surface area contributed by atoms with Crippen molar-refractivity contribution in [3.05, 3.63) is 0 Å². The van der Waals surface area contributed by atoms with E-state index in [0.29, 0.717) is 13.2 Å². The van der Waals surface area contributed by atoms with Crippen molar-refractivity contribution in [1.29, 1.82) is 0 Å². The van der Waals surface area contributed by atoms with E-state index < -0.39 is 0 Å². The van der Waals surface area contributed by atoms with Crippen LogP contribution in [0.4, 0.5) is 0 Å². The van der Waals surface area contributed by atoms with E-state index >= 15 is 0 Å². The summed E-state index contributed by atoms with van der Waals surface area (Å²) >= 11 is 0. The molecule has 1 fully saturated rings. The van der Waals surface area contributed by atoms with Gasteiger partial charge in [-0.3, -0.25) is 9.59 Å². The summed E-state index contributed by atoms with van der Waals surface area (Å²) in [5.74, 6) is -0.350. The fourth-order valence-electron chi connectivity index (χ4n) is 1.71. The number of rotatable bonds is 4. The SMILES string of the molecule is CC(=O)OCCCC1CCCCOC1=O. The Morgan fingerprint density at radius 1 is 1.53 bits per heavy atom. The van der Waals surface area contributed by atoms with E-state index in [0.717, 1.165) is 32.1 Å². The Labute approximate surface area is 89.9 Å². The van der Waals surface area contributed by atoms with E-state index in [1.165, 1.54) is 6.92 Å². The molecule has 4 nitrogen and oxygen atoms in total. The van der Waals surface area contributed by atoms with Gasteiger partial charge in [-0.05, 0) is 32.1 Å². The molecular weight excluding hydrogens is 196 g/mol. The van der Waals surface area contributed by atoms with Gasteiger partial charge in [0.05, 0.1) is 19.1 Å². The van der Waals surface area contributed by atoms with Crippen LogP contribution in [0.1, 0.15) is 39.0 Å². The molecule has 1 unspecified atom stereocenters. The molecule has 0 aromatic heterocycles. The number of esters is 2. The number of carbonyl (C=O) groups is 2. The third kappa shape index (κ3) is 4.81. The fraction of sp³-hybridized carbons (Fsp3) is 0.818. The minimum absolute atomic E-state index is 0.00283. The molecule has 1 atom stereocenters. The molecule has 0 aromatic carbocycles. The van der Waals surface area contributed by atoms with Gasteiger partial charge < -0.3 is 9.47 Å². The lowest BCUT2D eigenvalue weighted by Gasteiger charge is -2.11. The number of hydrogen-bond donors (Lipinski definition) is 0. The quantitative estimate of drug-likeness (QED) is 0.527.